The Morgan fingerprint density at radius 3 is 2.57 bits per heavy atom. The molecule has 0 unspecified atom stereocenters. The van der Waals surface area contributed by atoms with E-state index < -0.39 is 11.7 Å². The number of alkyl halides is 3. The van der Waals surface area contributed by atoms with Gasteiger partial charge in [-0.1, -0.05) is 11.6 Å². The van der Waals surface area contributed by atoms with Gasteiger partial charge in [0.25, 0.3) is 0 Å². The first kappa shape index (κ1) is 14.4. The minimum atomic E-state index is -4.38. The van der Waals surface area contributed by atoms with E-state index in [-0.39, 0.29) is 0 Å². The van der Waals surface area contributed by atoms with Gasteiger partial charge in [-0.2, -0.15) is 13.2 Å². The quantitative estimate of drug-likeness (QED) is 0.875. The average Bonchev–Trinajstić information content (AvgIpc) is 2.46. The van der Waals surface area contributed by atoms with Crippen LogP contribution in [-0.2, 0) is 6.18 Å². The van der Waals surface area contributed by atoms with Gasteiger partial charge in [0.1, 0.15) is 0 Å². The molecule has 0 aliphatic carbocycles. The van der Waals surface area contributed by atoms with E-state index in [0.29, 0.717) is 34.7 Å². The molecule has 0 radical (unpaired) electrons. The van der Waals surface area contributed by atoms with E-state index in [4.69, 9.17) is 11.6 Å². The van der Waals surface area contributed by atoms with Crippen LogP contribution in [0.4, 0.5) is 18.9 Å². The third kappa shape index (κ3) is 2.78. The Hall–Kier alpha value is -1.53. The highest BCUT2D eigenvalue weighted by molar-refractivity contribution is 6.34. The summed E-state index contributed by atoms with van der Waals surface area (Å²) in [5, 5.41) is 4.03. The van der Waals surface area contributed by atoms with Gasteiger partial charge < -0.3 is 10.2 Å². The summed E-state index contributed by atoms with van der Waals surface area (Å²) in [5.74, 6) is 0. The highest BCUT2D eigenvalue weighted by Crippen LogP contribution is 2.37. The topological polar surface area (TPSA) is 28.2 Å². The van der Waals surface area contributed by atoms with Gasteiger partial charge in [-0.15, -0.1) is 0 Å². The molecular weight excluding hydrogens is 303 g/mol. The molecule has 0 atom stereocenters. The largest absolute Gasteiger partial charge is 0.416 e. The Morgan fingerprint density at radius 1 is 1.19 bits per heavy atom. The number of aromatic nitrogens is 1. The van der Waals surface area contributed by atoms with Crippen LogP contribution in [0.5, 0.6) is 0 Å². The number of halogens is 4. The fourth-order valence-corrected chi connectivity index (χ4v) is 2.81. The zero-order chi connectivity index (χ0) is 15.0. The van der Waals surface area contributed by atoms with Crippen LogP contribution in [0.1, 0.15) is 5.56 Å². The summed E-state index contributed by atoms with van der Waals surface area (Å²) >= 11 is 6.20. The monoisotopic (exact) mass is 315 g/mol. The van der Waals surface area contributed by atoms with Crippen LogP contribution in [-0.4, -0.2) is 31.2 Å². The van der Waals surface area contributed by atoms with Gasteiger partial charge in [0.15, 0.2) is 0 Å². The molecular formula is C14H13ClF3N3. The first-order valence-corrected chi connectivity index (χ1v) is 6.96. The maximum atomic E-state index is 12.9. The zero-order valence-corrected chi connectivity index (χ0v) is 11.8. The van der Waals surface area contributed by atoms with Gasteiger partial charge in [0, 0.05) is 37.8 Å². The molecule has 1 aromatic carbocycles. The predicted octanol–water partition coefficient (Wildman–Crippen LogP) is 3.32. The van der Waals surface area contributed by atoms with Gasteiger partial charge in [-0.3, -0.25) is 4.98 Å². The first-order valence-electron chi connectivity index (χ1n) is 6.58. The van der Waals surface area contributed by atoms with E-state index in [1.807, 2.05) is 4.90 Å². The molecule has 2 heterocycles. The number of hydrogen-bond donors (Lipinski definition) is 1. The Morgan fingerprint density at radius 2 is 1.90 bits per heavy atom. The van der Waals surface area contributed by atoms with Gasteiger partial charge >= 0.3 is 6.18 Å². The minimum absolute atomic E-state index is 0.378. The standard InChI is InChI=1S/C14H13ClF3N3/c15-11-8-20-12-2-1-9(14(16,17)18)7-10(12)13(11)21-5-3-19-4-6-21/h1-2,7-8,19H,3-6H2. The smallest absolute Gasteiger partial charge is 0.367 e. The average molecular weight is 316 g/mol. The van der Waals surface area contributed by atoms with Crippen molar-refractivity contribution in [3.8, 4) is 0 Å². The summed E-state index contributed by atoms with van der Waals surface area (Å²) in [4.78, 5) is 6.12. The maximum Gasteiger partial charge on any atom is 0.416 e. The maximum absolute atomic E-state index is 12.9. The molecule has 3 nitrogen and oxygen atoms in total. The highest BCUT2D eigenvalue weighted by Gasteiger charge is 2.31. The third-order valence-corrected chi connectivity index (χ3v) is 3.83. The van der Waals surface area contributed by atoms with Crippen LogP contribution in [0.2, 0.25) is 5.02 Å². The fraction of sp³-hybridized carbons (Fsp3) is 0.357. The van der Waals surface area contributed by atoms with Crippen molar-refractivity contribution >= 4 is 28.2 Å². The lowest BCUT2D eigenvalue weighted by Crippen LogP contribution is -2.43. The van der Waals surface area contributed by atoms with E-state index in [0.717, 1.165) is 25.2 Å². The summed E-state index contributed by atoms with van der Waals surface area (Å²) in [5.41, 5.74) is 0.464. The molecule has 0 amide bonds. The second-order valence-electron chi connectivity index (χ2n) is 4.92. The van der Waals surface area contributed by atoms with Gasteiger partial charge in [0.05, 0.1) is 21.8 Å². The number of benzene rings is 1. The highest BCUT2D eigenvalue weighted by atomic mass is 35.5. The van der Waals surface area contributed by atoms with Crippen molar-refractivity contribution in [3.63, 3.8) is 0 Å². The number of piperazine rings is 1. The van der Waals surface area contributed by atoms with Crippen LogP contribution in [0, 0.1) is 0 Å². The van der Waals surface area contributed by atoms with Gasteiger partial charge in [-0.25, -0.2) is 0 Å². The Balaban J connectivity index is 2.18. The van der Waals surface area contributed by atoms with Crippen molar-refractivity contribution in [2.24, 2.45) is 0 Å². The predicted molar refractivity (Wildman–Crippen MR) is 76.8 cm³/mol. The Bertz CT molecular complexity index is 666. The van der Waals surface area contributed by atoms with Crippen molar-refractivity contribution in [1.82, 2.24) is 10.3 Å². The lowest BCUT2D eigenvalue weighted by molar-refractivity contribution is -0.137. The zero-order valence-electron chi connectivity index (χ0n) is 11.0. The normalized spacial score (nSPS) is 16.5. The summed E-state index contributed by atoms with van der Waals surface area (Å²) in [6, 6.07) is 3.57. The summed E-state index contributed by atoms with van der Waals surface area (Å²) in [6.45, 7) is 2.96. The van der Waals surface area contributed by atoms with E-state index >= 15 is 0 Å². The molecule has 1 aliphatic heterocycles. The summed E-state index contributed by atoms with van der Waals surface area (Å²) < 4.78 is 38.7. The minimum Gasteiger partial charge on any atom is -0.367 e. The number of nitrogens with one attached hydrogen (secondary N) is 1. The number of anilines is 1. The van der Waals surface area contributed by atoms with E-state index in [9.17, 15) is 13.2 Å². The van der Waals surface area contributed by atoms with Gasteiger partial charge in [0.2, 0.25) is 0 Å². The second kappa shape index (κ2) is 5.35. The first-order chi connectivity index (χ1) is 9.97. The fourth-order valence-electron chi connectivity index (χ4n) is 2.54. The van der Waals surface area contributed by atoms with Crippen LogP contribution < -0.4 is 10.2 Å². The number of rotatable bonds is 1. The number of nitrogens with zero attached hydrogens (tertiary/aromatic N) is 2. The van der Waals surface area contributed by atoms with E-state index in [1.54, 1.807) is 0 Å². The van der Waals surface area contributed by atoms with Crippen molar-refractivity contribution in [3.05, 3.63) is 35.0 Å². The van der Waals surface area contributed by atoms with Crippen molar-refractivity contribution in [2.45, 2.75) is 6.18 Å². The van der Waals surface area contributed by atoms with E-state index in [2.05, 4.69) is 10.3 Å². The van der Waals surface area contributed by atoms with Crippen LogP contribution in [0.25, 0.3) is 10.9 Å². The second-order valence-corrected chi connectivity index (χ2v) is 5.33. The molecule has 1 N–H and O–H groups in total. The molecule has 1 aliphatic rings. The van der Waals surface area contributed by atoms with Crippen LogP contribution >= 0.6 is 11.6 Å². The lowest BCUT2D eigenvalue weighted by atomic mass is 10.1. The Labute approximate surface area is 124 Å². The molecule has 3 rings (SSSR count). The molecule has 0 spiro atoms. The molecule has 0 saturated carbocycles. The summed E-state index contributed by atoms with van der Waals surface area (Å²) in [7, 11) is 0. The molecule has 7 heteroatoms. The third-order valence-electron chi connectivity index (χ3n) is 3.56. The molecule has 1 saturated heterocycles. The molecule has 1 aromatic heterocycles. The van der Waals surface area contributed by atoms with Crippen LogP contribution in [0.15, 0.2) is 24.4 Å². The van der Waals surface area contributed by atoms with Crippen molar-refractivity contribution in [1.29, 1.82) is 0 Å². The molecule has 1 fully saturated rings. The lowest BCUT2D eigenvalue weighted by Gasteiger charge is -2.31. The molecule has 21 heavy (non-hydrogen) atoms. The van der Waals surface area contributed by atoms with E-state index in [1.165, 1.54) is 12.3 Å². The number of fused-ring (bicyclic) bond motifs is 1. The van der Waals surface area contributed by atoms with Crippen molar-refractivity contribution < 1.29 is 13.2 Å². The Kier molecular flexibility index (Phi) is 3.67. The molecule has 0 bridgehead atoms. The number of hydrogen-bond acceptors (Lipinski definition) is 3. The molecule has 112 valence electrons. The SMILES string of the molecule is FC(F)(F)c1ccc2ncc(Cl)c(N3CCNCC3)c2c1. The van der Waals surface area contributed by atoms with Crippen LogP contribution in [0.3, 0.4) is 0 Å². The van der Waals surface area contributed by atoms with Gasteiger partial charge in [-0.05, 0) is 18.2 Å². The van der Waals surface area contributed by atoms with Crippen molar-refractivity contribution in [2.75, 3.05) is 31.1 Å². The number of pyridine rings is 1. The summed E-state index contributed by atoms with van der Waals surface area (Å²) in [6.07, 6.45) is -2.88. The molecule has 2 aromatic rings.